The van der Waals surface area contributed by atoms with Crippen molar-refractivity contribution in [3.05, 3.63) is 35.4 Å². The van der Waals surface area contributed by atoms with E-state index in [9.17, 15) is 5.11 Å². The van der Waals surface area contributed by atoms with Gasteiger partial charge in [-0.25, -0.2) is 0 Å². The molecule has 2 nitrogen and oxygen atoms in total. The lowest BCUT2D eigenvalue weighted by Gasteiger charge is -2.21. The number of hydrogen-bond donors (Lipinski definition) is 2. The predicted molar refractivity (Wildman–Crippen MR) is 96.3 cm³/mol. The lowest BCUT2D eigenvalue weighted by atomic mass is 9.86. The molecule has 0 fully saturated rings. The molecule has 0 aliphatic heterocycles. The van der Waals surface area contributed by atoms with Gasteiger partial charge in [0.05, 0.1) is 0 Å². The Hall–Kier alpha value is -0.860. The highest BCUT2D eigenvalue weighted by atomic mass is 16.3. The second-order valence-electron chi connectivity index (χ2n) is 7.23. The smallest absolute Gasteiger partial charge is 0.0485 e. The fourth-order valence-corrected chi connectivity index (χ4v) is 2.64. The number of hydrogen-bond acceptors (Lipinski definition) is 2. The van der Waals surface area contributed by atoms with Crippen LogP contribution in [-0.2, 0) is 12.8 Å². The number of aliphatic hydroxyl groups is 1. The molecule has 0 aromatic heterocycles. The molecule has 1 aromatic rings. The van der Waals surface area contributed by atoms with Crippen LogP contribution in [0, 0.1) is 5.41 Å². The first-order chi connectivity index (χ1) is 10.6. The summed E-state index contributed by atoms with van der Waals surface area (Å²) in [6.45, 7) is 8.91. The Bertz CT molecular complexity index is 383. The van der Waals surface area contributed by atoms with Crippen molar-refractivity contribution < 1.29 is 5.11 Å². The third-order valence-electron chi connectivity index (χ3n) is 4.18. The Morgan fingerprint density at radius 3 is 2.18 bits per heavy atom. The van der Waals surface area contributed by atoms with Crippen molar-refractivity contribution in [1.29, 1.82) is 0 Å². The van der Waals surface area contributed by atoms with Gasteiger partial charge < -0.3 is 10.4 Å². The summed E-state index contributed by atoms with van der Waals surface area (Å²) in [5.41, 5.74) is 2.68. The summed E-state index contributed by atoms with van der Waals surface area (Å²) in [6.07, 6.45) is 8.76. The summed E-state index contributed by atoms with van der Waals surface area (Å²) in [4.78, 5) is 0. The third kappa shape index (κ3) is 8.55. The summed E-state index contributed by atoms with van der Waals surface area (Å²) < 4.78 is 0. The molecule has 1 rings (SSSR count). The molecule has 0 radical (unpaired) electrons. The van der Waals surface area contributed by atoms with E-state index < -0.39 is 0 Å². The molecule has 0 saturated heterocycles. The molecule has 126 valence electrons. The van der Waals surface area contributed by atoms with E-state index in [2.05, 4.69) is 50.4 Å². The van der Waals surface area contributed by atoms with E-state index in [0.717, 1.165) is 25.9 Å². The minimum atomic E-state index is -0.0269. The summed E-state index contributed by atoms with van der Waals surface area (Å²) in [5.74, 6) is 0. The molecule has 0 aliphatic carbocycles. The molecule has 0 unspecified atom stereocenters. The standard InChI is InChI=1S/C20H35NO/c1-4-5-6-7-8-14-21-15-13-18-9-11-19(12-10-18)16-20(2,3)17-22/h9-12,21-22H,4-8,13-17H2,1-3H3. The third-order valence-corrected chi connectivity index (χ3v) is 4.18. The van der Waals surface area contributed by atoms with Crippen molar-refractivity contribution in [3.8, 4) is 0 Å². The monoisotopic (exact) mass is 305 g/mol. The second kappa shape index (κ2) is 10.8. The minimum absolute atomic E-state index is 0.0269. The zero-order valence-corrected chi connectivity index (χ0v) is 14.8. The summed E-state index contributed by atoms with van der Waals surface area (Å²) >= 11 is 0. The molecular weight excluding hydrogens is 270 g/mol. The van der Waals surface area contributed by atoms with Crippen molar-refractivity contribution >= 4 is 0 Å². The molecule has 0 amide bonds. The molecule has 0 bridgehead atoms. The first kappa shape index (κ1) is 19.2. The van der Waals surface area contributed by atoms with Gasteiger partial charge >= 0.3 is 0 Å². The number of nitrogens with one attached hydrogen (secondary N) is 1. The van der Waals surface area contributed by atoms with Gasteiger partial charge in [-0.1, -0.05) is 70.7 Å². The van der Waals surface area contributed by atoms with Crippen LogP contribution >= 0.6 is 0 Å². The van der Waals surface area contributed by atoms with Crippen LogP contribution < -0.4 is 5.32 Å². The minimum Gasteiger partial charge on any atom is -0.396 e. The number of aliphatic hydroxyl groups excluding tert-OH is 1. The number of benzene rings is 1. The fourth-order valence-electron chi connectivity index (χ4n) is 2.64. The molecule has 0 aliphatic rings. The summed E-state index contributed by atoms with van der Waals surface area (Å²) in [6, 6.07) is 8.87. The van der Waals surface area contributed by atoms with E-state index in [4.69, 9.17) is 0 Å². The highest BCUT2D eigenvalue weighted by Crippen LogP contribution is 2.21. The van der Waals surface area contributed by atoms with Gasteiger partial charge in [0.15, 0.2) is 0 Å². The second-order valence-corrected chi connectivity index (χ2v) is 7.23. The van der Waals surface area contributed by atoms with Crippen molar-refractivity contribution in [3.63, 3.8) is 0 Å². The molecule has 0 spiro atoms. The topological polar surface area (TPSA) is 32.3 Å². The summed E-state index contributed by atoms with van der Waals surface area (Å²) in [7, 11) is 0. The Morgan fingerprint density at radius 1 is 0.909 bits per heavy atom. The van der Waals surface area contributed by atoms with Gasteiger partial charge in [-0.3, -0.25) is 0 Å². The van der Waals surface area contributed by atoms with Gasteiger partial charge in [0.2, 0.25) is 0 Å². The molecule has 2 heteroatoms. The van der Waals surface area contributed by atoms with Crippen LogP contribution in [0.2, 0.25) is 0 Å². The molecule has 0 saturated carbocycles. The maximum Gasteiger partial charge on any atom is 0.0485 e. The molecular formula is C20H35NO. The lowest BCUT2D eigenvalue weighted by Crippen LogP contribution is -2.20. The van der Waals surface area contributed by atoms with Crippen LogP contribution in [-0.4, -0.2) is 24.8 Å². The molecule has 2 N–H and O–H groups in total. The Kier molecular flexibility index (Phi) is 9.42. The van der Waals surface area contributed by atoms with E-state index in [0.29, 0.717) is 0 Å². The van der Waals surface area contributed by atoms with Crippen LogP contribution in [0.4, 0.5) is 0 Å². The number of unbranched alkanes of at least 4 members (excludes halogenated alkanes) is 4. The van der Waals surface area contributed by atoms with Crippen molar-refractivity contribution in [2.75, 3.05) is 19.7 Å². The molecule has 22 heavy (non-hydrogen) atoms. The van der Waals surface area contributed by atoms with Crippen molar-refractivity contribution in [2.24, 2.45) is 5.41 Å². The zero-order chi connectivity index (χ0) is 16.3. The largest absolute Gasteiger partial charge is 0.396 e. The molecule has 1 aromatic carbocycles. The highest BCUT2D eigenvalue weighted by Gasteiger charge is 2.16. The lowest BCUT2D eigenvalue weighted by molar-refractivity contribution is 0.159. The van der Waals surface area contributed by atoms with E-state index in [1.165, 1.54) is 43.2 Å². The van der Waals surface area contributed by atoms with Gasteiger partial charge in [0.25, 0.3) is 0 Å². The Morgan fingerprint density at radius 2 is 1.55 bits per heavy atom. The van der Waals surface area contributed by atoms with Crippen molar-refractivity contribution in [1.82, 2.24) is 5.32 Å². The van der Waals surface area contributed by atoms with Gasteiger partial charge in [-0.2, -0.15) is 0 Å². The average Bonchev–Trinajstić information content (AvgIpc) is 2.51. The van der Waals surface area contributed by atoms with Crippen molar-refractivity contribution in [2.45, 2.75) is 65.7 Å². The van der Waals surface area contributed by atoms with Crippen LogP contribution in [0.1, 0.15) is 64.0 Å². The van der Waals surface area contributed by atoms with E-state index in [1.54, 1.807) is 0 Å². The van der Waals surface area contributed by atoms with Gasteiger partial charge in [-0.05, 0) is 48.9 Å². The van der Waals surface area contributed by atoms with Gasteiger partial charge in [0, 0.05) is 6.61 Å². The molecule has 0 atom stereocenters. The SMILES string of the molecule is CCCCCCCNCCc1ccc(CC(C)(C)CO)cc1. The van der Waals surface area contributed by atoms with Crippen LogP contribution in [0.5, 0.6) is 0 Å². The highest BCUT2D eigenvalue weighted by molar-refractivity contribution is 5.23. The first-order valence-electron chi connectivity index (χ1n) is 8.97. The van der Waals surface area contributed by atoms with Gasteiger partial charge in [-0.15, -0.1) is 0 Å². The maximum absolute atomic E-state index is 9.34. The van der Waals surface area contributed by atoms with Gasteiger partial charge in [0.1, 0.15) is 0 Å². The van der Waals surface area contributed by atoms with E-state index >= 15 is 0 Å². The maximum atomic E-state index is 9.34. The fraction of sp³-hybridized carbons (Fsp3) is 0.700. The normalized spacial score (nSPS) is 11.8. The Balaban J connectivity index is 2.17. The van der Waals surface area contributed by atoms with Crippen LogP contribution in [0.15, 0.2) is 24.3 Å². The van der Waals surface area contributed by atoms with Crippen LogP contribution in [0.3, 0.4) is 0 Å². The predicted octanol–water partition coefficient (Wildman–Crippen LogP) is 4.35. The first-order valence-corrected chi connectivity index (χ1v) is 8.97. The van der Waals surface area contributed by atoms with E-state index in [1.807, 2.05) is 0 Å². The average molecular weight is 306 g/mol. The summed E-state index contributed by atoms with van der Waals surface area (Å²) in [5, 5.41) is 12.9. The Labute approximate surface area is 137 Å². The quantitative estimate of drug-likeness (QED) is 0.563. The number of rotatable bonds is 12. The van der Waals surface area contributed by atoms with Crippen LogP contribution in [0.25, 0.3) is 0 Å². The molecule has 0 heterocycles. The zero-order valence-electron chi connectivity index (χ0n) is 14.8. The van der Waals surface area contributed by atoms with E-state index in [-0.39, 0.29) is 12.0 Å².